The Balaban J connectivity index is 3.13. The summed E-state index contributed by atoms with van der Waals surface area (Å²) in [5.74, 6) is 1.49. The molecule has 2 N–H and O–H groups in total. The number of hydrogen-bond donors (Lipinski definition) is 2. The monoisotopic (exact) mass is 178 g/mol. The minimum absolute atomic E-state index is 0.205. The molecule has 0 aromatic rings. The Labute approximate surface area is 73.0 Å². The summed E-state index contributed by atoms with van der Waals surface area (Å²) < 4.78 is 0. The van der Waals surface area contributed by atoms with Crippen LogP contribution in [-0.4, -0.2) is 33.9 Å². The predicted octanol–water partition coefficient (Wildman–Crippen LogP) is 1.26. The van der Waals surface area contributed by atoms with E-state index in [0.717, 1.165) is 24.3 Å². The Hall–Kier alpha value is 0.270. The summed E-state index contributed by atoms with van der Waals surface area (Å²) in [6, 6.07) is 0. The van der Waals surface area contributed by atoms with Gasteiger partial charge in [0.2, 0.25) is 0 Å². The van der Waals surface area contributed by atoms with Gasteiger partial charge < -0.3 is 10.2 Å². The molecule has 0 heterocycles. The summed E-state index contributed by atoms with van der Waals surface area (Å²) in [6.07, 6.45) is 1.19. The first-order valence-corrected chi connectivity index (χ1v) is 5.30. The van der Waals surface area contributed by atoms with Gasteiger partial charge in [-0.2, -0.15) is 11.8 Å². The molecular formula is C8H18O2S. The van der Waals surface area contributed by atoms with Crippen LogP contribution in [0.1, 0.15) is 26.7 Å². The molecule has 2 unspecified atom stereocenters. The maximum Gasteiger partial charge on any atom is 0.0628 e. The van der Waals surface area contributed by atoms with Crippen molar-refractivity contribution in [3.05, 3.63) is 0 Å². The lowest BCUT2D eigenvalue weighted by Crippen LogP contribution is -2.13. The second-order valence-corrected chi connectivity index (χ2v) is 3.74. The first-order valence-electron chi connectivity index (χ1n) is 4.14. The molecule has 0 aliphatic carbocycles. The van der Waals surface area contributed by atoms with Crippen molar-refractivity contribution in [3.8, 4) is 0 Å². The van der Waals surface area contributed by atoms with E-state index in [1.165, 1.54) is 0 Å². The number of hydrogen-bond acceptors (Lipinski definition) is 3. The normalized spacial score (nSPS) is 16.4. The fraction of sp³-hybridized carbons (Fsp3) is 1.00. The highest BCUT2D eigenvalue weighted by atomic mass is 32.2. The molecule has 68 valence electrons. The Bertz CT molecular complexity index is 78.2. The third-order valence-electron chi connectivity index (χ3n) is 1.56. The third-order valence-corrected chi connectivity index (χ3v) is 2.80. The van der Waals surface area contributed by atoms with Crippen molar-refractivity contribution in [1.29, 1.82) is 0 Å². The minimum Gasteiger partial charge on any atom is -0.392 e. The maximum absolute atomic E-state index is 9.14. The molecule has 0 spiro atoms. The van der Waals surface area contributed by atoms with Gasteiger partial charge in [-0.15, -0.1) is 0 Å². The third kappa shape index (κ3) is 6.66. The van der Waals surface area contributed by atoms with E-state index in [-0.39, 0.29) is 12.2 Å². The second-order valence-electron chi connectivity index (χ2n) is 2.66. The first kappa shape index (κ1) is 11.3. The molecule has 0 amide bonds. The van der Waals surface area contributed by atoms with Gasteiger partial charge in [0.15, 0.2) is 0 Å². The molecule has 0 saturated heterocycles. The Morgan fingerprint density at radius 3 is 1.64 bits per heavy atom. The van der Waals surface area contributed by atoms with Crippen LogP contribution in [0.2, 0.25) is 0 Å². The van der Waals surface area contributed by atoms with Crippen LogP contribution < -0.4 is 0 Å². The second kappa shape index (κ2) is 6.95. The van der Waals surface area contributed by atoms with Crippen LogP contribution in [0.3, 0.4) is 0 Å². The quantitative estimate of drug-likeness (QED) is 0.643. The molecule has 0 aliphatic rings. The van der Waals surface area contributed by atoms with E-state index >= 15 is 0 Å². The number of thioether (sulfide) groups is 1. The van der Waals surface area contributed by atoms with Crippen molar-refractivity contribution >= 4 is 11.8 Å². The Morgan fingerprint density at radius 1 is 1.00 bits per heavy atom. The standard InChI is InChI=1S/C8H18O2S/c1-3-7(9)5-11-6-8(10)4-2/h7-10H,3-6H2,1-2H3. The number of rotatable bonds is 6. The Kier molecular flexibility index (Phi) is 7.12. The highest BCUT2D eigenvalue weighted by Gasteiger charge is 2.03. The van der Waals surface area contributed by atoms with Gasteiger partial charge in [-0.05, 0) is 12.8 Å². The summed E-state index contributed by atoms with van der Waals surface area (Å²) in [6.45, 7) is 3.92. The average molecular weight is 178 g/mol. The maximum atomic E-state index is 9.14. The van der Waals surface area contributed by atoms with E-state index in [4.69, 9.17) is 10.2 Å². The van der Waals surface area contributed by atoms with Crippen LogP contribution in [0.25, 0.3) is 0 Å². The molecule has 2 atom stereocenters. The van der Waals surface area contributed by atoms with E-state index in [9.17, 15) is 0 Å². The zero-order chi connectivity index (χ0) is 8.69. The van der Waals surface area contributed by atoms with Gasteiger partial charge in [0.05, 0.1) is 12.2 Å². The first-order chi connectivity index (χ1) is 5.20. The van der Waals surface area contributed by atoms with E-state index < -0.39 is 0 Å². The Morgan fingerprint density at radius 2 is 1.36 bits per heavy atom. The summed E-state index contributed by atoms with van der Waals surface area (Å²) in [5.41, 5.74) is 0. The highest BCUT2D eigenvalue weighted by molar-refractivity contribution is 7.99. The topological polar surface area (TPSA) is 40.5 Å². The molecular weight excluding hydrogens is 160 g/mol. The van der Waals surface area contributed by atoms with Gasteiger partial charge in [-0.1, -0.05) is 13.8 Å². The van der Waals surface area contributed by atoms with Crippen molar-refractivity contribution in [2.45, 2.75) is 38.9 Å². The molecule has 0 aliphatic heterocycles. The molecule has 0 rings (SSSR count). The molecule has 0 aromatic heterocycles. The van der Waals surface area contributed by atoms with Crippen molar-refractivity contribution < 1.29 is 10.2 Å². The molecule has 3 heteroatoms. The van der Waals surface area contributed by atoms with E-state index in [1.54, 1.807) is 11.8 Å². The van der Waals surface area contributed by atoms with Crippen molar-refractivity contribution in [2.24, 2.45) is 0 Å². The average Bonchev–Trinajstić information content (AvgIpc) is 2.04. The van der Waals surface area contributed by atoms with Crippen molar-refractivity contribution in [3.63, 3.8) is 0 Å². The molecule has 0 saturated carbocycles. The van der Waals surface area contributed by atoms with Crippen molar-refractivity contribution in [1.82, 2.24) is 0 Å². The summed E-state index contributed by atoms with van der Waals surface area (Å²) in [5, 5.41) is 18.3. The van der Waals surface area contributed by atoms with E-state index in [0.29, 0.717) is 0 Å². The van der Waals surface area contributed by atoms with Gasteiger partial charge in [-0.25, -0.2) is 0 Å². The minimum atomic E-state index is -0.205. The van der Waals surface area contributed by atoms with Crippen LogP contribution in [0, 0.1) is 0 Å². The predicted molar refractivity (Wildman–Crippen MR) is 49.9 cm³/mol. The molecule has 0 fully saturated rings. The zero-order valence-corrected chi connectivity index (χ0v) is 8.10. The summed E-state index contributed by atoms with van der Waals surface area (Å²) in [7, 11) is 0. The van der Waals surface area contributed by atoms with E-state index in [1.807, 2.05) is 13.8 Å². The van der Waals surface area contributed by atoms with Gasteiger partial charge in [0.25, 0.3) is 0 Å². The van der Waals surface area contributed by atoms with Gasteiger partial charge in [0, 0.05) is 11.5 Å². The van der Waals surface area contributed by atoms with Crippen LogP contribution in [-0.2, 0) is 0 Å². The largest absolute Gasteiger partial charge is 0.392 e. The number of aliphatic hydroxyl groups excluding tert-OH is 2. The van der Waals surface area contributed by atoms with Crippen LogP contribution in [0.5, 0.6) is 0 Å². The smallest absolute Gasteiger partial charge is 0.0628 e. The van der Waals surface area contributed by atoms with Crippen molar-refractivity contribution in [2.75, 3.05) is 11.5 Å². The summed E-state index contributed by atoms with van der Waals surface area (Å²) >= 11 is 1.62. The lowest BCUT2D eigenvalue weighted by Gasteiger charge is -2.09. The van der Waals surface area contributed by atoms with Gasteiger partial charge in [-0.3, -0.25) is 0 Å². The van der Waals surface area contributed by atoms with Crippen LogP contribution in [0.15, 0.2) is 0 Å². The SMILES string of the molecule is CCC(O)CSCC(O)CC. The lowest BCUT2D eigenvalue weighted by molar-refractivity contribution is 0.190. The molecule has 0 aromatic carbocycles. The molecule has 11 heavy (non-hydrogen) atoms. The van der Waals surface area contributed by atoms with Gasteiger partial charge in [0.1, 0.15) is 0 Å². The van der Waals surface area contributed by atoms with Crippen LogP contribution >= 0.6 is 11.8 Å². The molecule has 0 radical (unpaired) electrons. The van der Waals surface area contributed by atoms with Gasteiger partial charge >= 0.3 is 0 Å². The van der Waals surface area contributed by atoms with Crippen LogP contribution in [0.4, 0.5) is 0 Å². The fourth-order valence-electron chi connectivity index (χ4n) is 0.576. The molecule has 2 nitrogen and oxygen atoms in total. The number of aliphatic hydroxyl groups is 2. The zero-order valence-electron chi connectivity index (χ0n) is 7.29. The lowest BCUT2D eigenvalue weighted by atomic mass is 10.3. The molecule has 0 bridgehead atoms. The van der Waals surface area contributed by atoms with E-state index in [2.05, 4.69) is 0 Å². The highest BCUT2D eigenvalue weighted by Crippen LogP contribution is 2.08. The summed E-state index contributed by atoms with van der Waals surface area (Å²) in [4.78, 5) is 0. The fourth-order valence-corrected chi connectivity index (χ4v) is 1.73.